The van der Waals surface area contributed by atoms with Crippen LogP contribution in [0, 0.1) is 0 Å². The summed E-state index contributed by atoms with van der Waals surface area (Å²) in [6.45, 7) is 2.28. The molecule has 0 bridgehead atoms. The Morgan fingerprint density at radius 2 is 1.83 bits per heavy atom. The molecule has 0 spiro atoms. The first kappa shape index (κ1) is 16.8. The van der Waals surface area contributed by atoms with Gasteiger partial charge in [0.05, 0.1) is 26.3 Å². The molecule has 0 saturated heterocycles. The lowest BCUT2D eigenvalue weighted by molar-refractivity contribution is -0.125. The molecular formula is C11H23N3O4. The fraction of sp³-hybridized carbons (Fsp3) is 0.818. The van der Waals surface area contributed by atoms with Crippen LogP contribution in [-0.2, 0) is 19.1 Å². The van der Waals surface area contributed by atoms with Crippen molar-refractivity contribution in [2.75, 3.05) is 46.6 Å². The van der Waals surface area contributed by atoms with Gasteiger partial charge in [-0.25, -0.2) is 0 Å². The summed E-state index contributed by atoms with van der Waals surface area (Å²) in [6.07, 6.45) is 1.71. The van der Waals surface area contributed by atoms with Gasteiger partial charge in [0.2, 0.25) is 11.8 Å². The van der Waals surface area contributed by atoms with Gasteiger partial charge in [-0.2, -0.15) is 0 Å². The molecule has 0 saturated carbocycles. The molecule has 0 fully saturated rings. The normalized spacial score (nSPS) is 10.1. The molecule has 0 radical (unpaired) electrons. The number of hydrogen-bond acceptors (Lipinski definition) is 5. The van der Waals surface area contributed by atoms with Gasteiger partial charge in [-0.05, 0) is 12.8 Å². The fourth-order valence-corrected chi connectivity index (χ4v) is 1.11. The summed E-state index contributed by atoms with van der Waals surface area (Å²) in [5, 5.41) is 5.08. The van der Waals surface area contributed by atoms with Crippen molar-refractivity contribution in [1.82, 2.24) is 10.6 Å². The summed E-state index contributed by atoms with van der Waals surface area (Å²) < 4.78 is 10.1. The molecule has 0 aromatic carbocycles. The zero-order valence-electron chi connectivity index (χ0n) is 10.9. The Kier molecular flexibility index (Phi) is 11.5. The summed E-state index contributed by atoms with van der Waals surface area (Å²) in [4.78, 5) is 22.0. The summed E-state index contributed by atoms with van der Waals surface area (Å²) >= 11 is 0. The van der Waals surface area contributed by atoms with E-state index in [1.165, 1.54) is 0 Å². The number of amides is 2. The Balaban J connectivity index is 3.22. The van der Waals surface area contributed by atoms with Crippen molar-refractivity contribution in [1.29, 1.82) is 0 Å². The molecule has 0 aliphatic heterocycles. The first-order valence-electron chi connectivity index (χ1n) is 6.00. The molecule has 4 N–H and O–H groups in total. The molecule has 0 aromatic rings. The highest BCUT2D eigenvalue weighted by Crippen LogP contribution is 1.88. The van der Waals surface area contributed by atoms with E-state index in [4.69, 9.17) is 15.2 Å². The molecule has 106 valence electrons. The minimum atomic E-state index is -0.336. The van der Waals surface area contributed by atoms with Crippen molar-refractivity contribution in [2.45, 2.75) is 12.8 Å². The quantitative estimate of drug-likeness (QED) is 0.398. The molecule has 0 rings (SSSR count). The minimum Gasteiger partial charge on any atom is -0.382 e. The van der Waals surface area contributed by atoms with Gasteiger partial charge in [0.15, 0.2) is 0 Å². The van der Waals surface area contributed by atoms with E-state index in [9.17, 15) is 9.59 Å². The SMILES string of the molecule is COCCOCCCCNC(=O)CNC(=O)CN. The summed E-state index contributed by atoms with van der Waals surface area (Å²) in [6, 6.07) is 0. The number of hydrogen-bond donors (Lipinski definition) is 3. The van der Waals surface area contributed by atoms with E-state index >= 15 is 0 Å². The number of rotatable bonds is 11. The van der Waals surface area contributed by atoms with Crippen molar-refractivity contribution < 1.29 is 19.1 Å². The van der Waals surface area contributed by atoms with Crippen molar-refractivity contribution in [3.05, 3.63) is 0 Å². The van der Waals surface area contributed by atoms with Crippen LogP contribution in [0.5, 0.6) is 0 Å². The number of nitrogens with one attached hydrogen (secondary N) is 2. The van der Waals surface area contributed by atoms with Gasteiger partial charge in [0.1, 0.15) is 0 Å². The number of carbonyl (C=O) groups excluding carboxylic acids is 2. The highest BCUT2D eigenvalue weighted by molar-refractivity contribution is 5.85. The van der Waals surface area contributed by atoms with Crippen LogP contribution in [-0.4, -0.2) is 58.4 Å². The molecule has 2 amide bonds. The van der Waals surface area contributed by atoms with E-state index in [0.717, 1.165) is 12.8 Å². The first-order valence-corrected chi connectivity index (χ1v) is 6.00. The van der Waals surface area contributed by atoms with E-state index in [1.54, 1.807) is 7.11 Å². The molecule has 18 heavy (non-hydrogen) atoms. The lowest BCUT2D eigenvalue weighted by atomic mass is 10.3. The average molecular weight is 261 g/mol. The molecular weight excluding hydrogens is 238 g/mol. The van der Waals surface area contributed by atoms with Gasteiger partial charge in [-0.3, -0.25) is 9.59 Å². The van der Waals surface area contributed by atoms with Gasteiger partial charge in [-0.15, -0.1) is 0 Å². The Morgan fingerprint density at radius 3 is 2.50 bits per heavy atom. The van der Waals surface area contributed by atoms with Crippen LogP contribution in [0.2, 0.25) is 0 Å². The maximum absolute atomic E-state index is 11.2. The predicted octanol–water partition coefficient (Wildman–Crippen LogP) is -1.38. The summed E-state index contributed by atoms with van der Waals surface area (Å²) in [7, 11) is 1.63. The number of methoxy groups -OCH3 is 1. The number of carbonyl (C=O) groups is 2. The van der Waals surface area contributed by atoms with Crippen LogP contribution in [0.3, 0.4) is 0 Å². The van der Waals surface area contributed by atoms with Crippen LogP contribution in [0.1, 0.15) is 12.8 Å². The largest absolute Gasteiger partial charge is 0.382 e. The van der Waals surface area contributed by atoms with E-state index < -0.39 is 0 Å². The van der Waals surface area contributed by atoms with Crippen molar-refractivity contribution in [3.63, 3.8) is 0 Å². The fourth-order valence-electron chi connectivity index (χ4n) is 1.11. The minimum absolute atomic E-state index is 0.0274. The molecule has 0 aliphatic carbocycles. The van der Waals surface area contributed by atoms with Crippen LogP contribution < -0.4 is 16.4 Å². The molecule has 0 unspecified atom stereocenters. The van der Waals surface area contributed by atoms with Crippen LogP contribution in [0.25, 0.3) is 0 Å². The highest BCUT2D eigenvalue weighted by atomic mass is 16.5. The molecule has 7 nitrogen and oxygen atoms in total. The molecule has 0 aliphatic rings. The van der Waals surface area contributed by atoms with E-state index in [1.807, 2.05) is 0 Å². The average Bonchev–Trinajstić information content (AvgIpc) is 2.39. The van der Waals surface area contributed by atoms with Gasteiger partial charge < -0.3 is 25.8 Å². The second kappa shape index (κ2) is 12.3. The zero-order valence-corrected chi connectivity index (χ0v) is 10.9. The third kappa shape index (κ3) is 11.3. The van der Waals surface area contributed by atoms with Crippen LogP contribution in [0.15, 0.2) is 0 Å². The third-order valence-electron chi connectivity index (χ3n) is 2.10. The van der Waals surface area contributed by atoms with Gasteiger partial charge in [0.25, 0.3) is 0 Å². The molecule has 0 atom stereocenters. The van der Waals surface area contributed by atoms with Gasteiger partial charge in [-0.1, -0.05) is 0 Å². The number of nitrogens with two attached hydrogens (primary N) is 1. The monoisotopic (exact) mass is 261 g/mol. The van der Waals surface area contributed by atoms with Crippen LogP contribution in [0.4, 0.5) is 0 Å². The van der Waals surface area contributed by atoms with Crippen LogP contribution >= 0.6 is 0 Å². The van der Waals surface area contributed by atoms with Crippen molar-refractivity contribution in [3.8, 4) is 0 Å². The standard InChI is InChI=1S/C11H23N3O4/c1-17-6-7-18-5-3-2-4-13-11(16)9-14-10(15)8-12/h2-9,12H2,1H3,(H,13,16)(H,14,15). The smallest absolute Gasteiger partial charge is 0.239 e. The topological polar surface area (TPSA) is 103 Å². The Morgan fingerprint density at radius 1 is 1.06 bits per heavy atom. The number of ether oxygens (including phenoxy) is 2. The Hall–Kier alpha value is -1.18. The van der Waals surface area contributed by atoms with E-state index in [-0.39, 0.29) is 24.9 Å². The van der Waals surface area contributed by atoms with E-state index in [0.29, 0.717) is 26.4 Å². The predicted molar refractivity (Wildman–Crippen MR) is 67.0 cm³/mol. The van der Waals surface area contributed by atoms with Gasteiger partial charge >= 0.3 is 0 Å². The maximum atomic E-state index is 11.2. The molecule has 7 heteroatoms. The van der Waals surface area contributed by atoms with Crippen molar-refractivity contribution in [2.24, 2.45) is 5.73 Å². The molecule has 0 heterocycles. The second-order valence-electron chi connectivity index (χ2n) is 3.64. The highest BCUT2D eigenvalue weighted by Gasteiger charge is 2.02. The first-order chi connectivity index (χ1) is 8.70. The zero-order chi connectivity index (χ0) is 13.6. The Bertz CT molecular complexity index is 236. The van der Waals surface area contributed by atoms with Crippen molar-refractivity contribution >= 4 is 11.8 Å². The van der Waals surface area contributed by atoms with Gasteiger partial charge in [0, 0.05) is 20.3 Å². The second-order valence-corrected chi connectivity index (χ2v) is 3.64. The summed E-state index contributed by atoms with van der Waals surface area (Å²) in [5.41, 5.74) is 5.08. The maximum Gasteiger partial charge on any atom is 0.239 e. The summed E-state index contributed by atoms with van der Waals surface area (Å²) in [5.74, 6) is -0.547. The molecule has 0 aromatic heterocycles. The Labute approximate surface area is 107 Å². The third-order valence-corrected chi connectivity index (χ3v) is 2.10. The van der Waals surface area contributed by atoms with E-state index in [2.05, 4.69) is 10.6 Å². The number of unbranched alkanes of at least 4 members (excludes halogenated alkanes) is 1. The lowest BCUT2D eigenvalue weighted by Gasteiger charge is -2.06. The lowest BCUT2D eigenvalue weighted by Crippen LogP contribution is -2.39.